The summed E-state index contributed by atoms with van der Waals surface area (Å²) in [5.41, 5.74) is 1.25. The standard InChI is InChI=1S/C16H21NO/c1-3-13(2)12-17-16(15-10-7-11-18-15)14-8-5-4-6-9-14/h4-11,13,16-17H,3,12H2,1-2H3. The lowest BCUT2D eigenvalue weighted by Crippen LogP contribution is -2.26. The molecule has 0 saturated carbocycles. The molecule has 0 aliphatic rings. The van der Waals surface area contributed by atoms with E-state index in [4.69, 9.17) is 4.42 Å². The first kappa shape index (κ1) is 12.9. The maximum atomic E-state index is 5.55. The van der Waals surface area contributed by atoms with E-state index < -0.39 is 0 Å². The van der Waals surface area contributed by atoms with Crippen LogP contribution in [0.1, 0.15) is 37.6 Å². The number of benzene rings is 1. The summed E-state index contributed by atoms with van der Waals surface area (Å²) < 4.78 is 5.55. The van der Waals surface area contributed by atoms with Crippen LogP contribution in [-0.4, -0.2) is 6.54 Å². The molecule has 96 valence electrons. The summed E-state index contributed by atoms with van der Waals surface area (Å²) in [7, 11) is 0. The van der Waals surface area contributed by atoms with Gasteiger partial charge < -0.3 is 9.73 Å². The first-order chi connectivity index (χ1) is 8.81. The van der Waals surface area contributed by atoms with Crippen LogP contribution in [0, 0.1) is 5.92 Å². The Morgan fingerprint density at radius 3 is 2.50 bits per heavy atom. The number of nitrogens with one attached hydrogen (secondary N) is 1. The summed E-state index contributed by atoms with van der Waals surface area (Å²) in [6, 6.07) is 14.6. The van der Waals surface area contributed by atoms with E-state index >= 15 is 0 Å². The van der Waals surface area contributed by atoms with Crippen molar-refractivity contribution < 1.29 is 4.42 Å². The van der Waals surface area contributed by atoms with Crippen LogP contribution < -0.4 is 5.32 Å². The minimum Gasteiger partial charge on any atom is -0.467 e. The number of furan rings is 1. The Labute approximate surface area is 109 Å². The SMILES string of the molecule is CCC(C)CNC(c1ccccc1)c1ccco1. The van der Waals surface area contributed by atoms with Gasteiger partial charge in [-0.15, -0.1) is 0 Å². The zero-order valence-corrected chi connectivity index (χ0v) is 11.1. The van der Waals surface area contributed by atoms with Crippen molar-refractivity contribution in [2.45, 2.75) is 26.3 Å². The molecule has 2 nitrogen and oxygen atoms in total. The highest BCUT2D eigenvalue weighted by molar-refractivity contribution is 5.26. The van der Waals surface area contributed by atoms with Crippen molar-refractivity contribution in [1.29, 1.82) is 0 Å². The smallest absolute Gasteiger partial charge is 0.125 e. The highest BCUT2D eigenvalue weighted by atomic mass is 16.3. The highest BCUT2D eigenvalue weighted by Crippen LogP contribution is 2.22. The third-order valence-electron chi connectivity index (χ3n) is 3.33. The second-order valence-corrected chi connectivity index (χ2v) is 4.78. The predicted octanol–water partition coefficient (Wildman–Crippen LogP) is 4.00. The molecule has 18 heavy (non-hydrogen) atoms. The van der Waals surface area contributed by atoms with Crippen molar-refractivity contribution in [2.24, 2.45) is 5.92 Å². The van der Waals surface area contributed by atoms with E-state index in [9.17, 15) is 0 Å². The largest absolute Gasteiger partial charge is 0.467 e. The Morgan fingerprint density at radius 2 is 1.89 bits per heavy atom. The van der Waals surface area contributed by atoms with Gasteiger partial charge in [-0.3, -0.25) is 0 Å². The van der Waals surface area contributed by atoms with Gasteiger partial charge in [0.1, 0.15) is 5.76 Å². The number of rotatable bonds is 6. The topological polar surface area (TPSA) is 25.2 Å². The monoisotopic (exact) mass is 243 g/mol. The maximum Gasteiger partial charge on any atom is 0.125 e. The first-order valence-corrected chi connectivity index (χ1v) is 6.63. The molecule has 0 spiro atoms. The molecule has 0 saturated heterocycles. The van der Waals surface area contributed by atoms with E-state index in [-0.39, 0.29) is 6.04 Å². The molecule has 0 bridgehead atoms. The van der Waals surface area contributed by atoms with Crippen LogP contribution >= 0.6 is 0 Å². The third kappa shape index (κ3) is 3.23. The van der Waals surface area contributed by atoms with E-state index in [1.807, 2.05) is 18.2 Å². The molecule has 2 unspecified atom stereocenters. The zero-order valence-electron chi connectivity index (χ0n) is 11.1. The average Bonchev–Trinajstić information content (AvgIpc) is 2.94. The summed E-state index contributed by atoms with van der Waals surface area (Å²) in [5.74, 6) is 1.65. The van der Waals surface area contributed by atoms with Gasteiger partial charge in [0.2, 0.25) is 0 Å². The van der Waals surface area contributed by atoms with Gasteiger partial charge in [0.05, 0.1) is 12.3 Å². The van der Waals surface area contributed by atoms with Crippen LogP contribution in [0.5, 0.6) is 0 Å². The van der Waals surface area contributed by atoms with Crippen LogP contribution in [0.2, 0.25) is 0 Å². The van der Waals surface area contributed by atoms with Gasteiger partial charge in [-0.2, -0.15) is 0 Å². The molecular formula is C16H21NO. The second kappa shape index (κ2) is 6.41. The predicted molar refractivity (Wildman–Crippen MR) is 74.5 cm³/mol. The molecular weight excluding hydrogens is 222 g/mol. The highest BCUT2D eigenvalue weighted by Gasteiger charge is 2.16. The molecule has 2 atom stereocenters. The Hall–Kier alpha value is -1.54. The molecule has 0 radical (unpaired) electrons. The molecule has 2 rings (SSSR count). The van der Waals surface area contributed by atoms with Gasteiger partial charge in [0, 0.05) is 0 Å². The minimum absolute atomic E-state index is 0.148. The first-order valence-electron chi connectivity index (χ1n) is 6.63. The van der Waals surface area contributed by atoms with E-state index in [1.165, 1.54) is 12.0 Å². The molecule has 1 heterocycles. The van der Waals surface area contributed by atoms with Crippen LogP contribution in [0.15, 0.2) is 53.1 Å². The lowest BCUT2D eigenvalue weighted by Gasteiger charge is -2.19. The fourth-order valence-electron chi connectivity index (χ4n) is 1.95. The normalized spacial score (nSPS) is 14.3. The number of hydrogen-bond donors (Lipinski definition) is 1. The van der Waals surface area contributed by atoms with Crippen molar-refractivity contribution in [2.75, 3.05) is 6.54 Å². The fourth-order valence-corrected chi connectivity index (χ4v) is 1.95. The number of hydrogen-bond acceptors (Lipinski definition) is 2. The Kier molecular flexibility index (Phi) is 4.59. The van der Waals surface area contributed by atoms with Crippen molar-refractivity contribution in [1.82, 2.24) is 5.32 Å². The van der Waals surface area contributed by atoms with Gasteiger partial charge >= 0.3 is 0 Å². The maximum absolute atomic E-state index is 5.55. The summed E-state index contributed by atoms with van der Waals surface area (Å²) in [6.45, 7) is 5.48. The van der Waals surface area contributed by atoms with Gasteiger partial charge in [-0.05, 0) is 30.2 Å². The van der Waals surface area contributed by atoms with Crippen LogP contribution in [-0.2, 0) is 0 Å². The molecule has 2 aromatic rings. The van der Waals surface area contributed by atoms with Gasteiger partial charge in [0.15, 0.2) is 0 Å². The van der Waals surface area contributed by atoms with E-state index in [1.54, 1.807) is 6.26 Å². The minimum atomic E-state index is 0.148. The lowest BCUT2D eigenvalue weighted by atomic mass is 10.0. The second-order valence-electron chi connectivity index (χ2n) is 4.78. The van der Waals surface area contributed by atoms with Crippen molar-refractivity contribution in [3.63, 3.8) is 0 Å². The Bertz CT molecular complexity index is 435. The lowest BCUT2D eigenvalue weighted by molar-refractivity contribution is 0.414. The van der Waals surface area contributed by atoms with Crippen LogP contribution in [0.4, 0.5) is 0 Å². The van der Waals surface area contributed by atoms with E-state index in [2.05, 4.69) is 43.4 Å². The molecule has 1 aromatic heterocycles. The van der Waals surface area contributed by atoms with Crippen molar-refractivity contribution >= 4 is 0 Å². The average molecular weight is 243 g/mol. The molecule has 0 fully saturated rings. The molecule has 1 N–H and O–H groups in total. The quantitative estimate of drug-likeness (QED) is 0.829. The summed E-state index contributed by atoms with van der Waals surface area (Å²) in [6.07, 6.45) is 2.92. The van der Waals surface area contributed by atoms with Gasteiger partial charge in [-0.25, -0.2) is 0 Å². The van der Waals surface area contributed by atoms with E-state index in [0.29, 0.717) is 5.92 Å². The Balaban J connectivity index is 2.14. The fraction of sp³-hybridized carbons (Fsp3) is 0.375. The molecule has 2 heteroatoms. The molecule has 0 aliphatic carbocycles. The zero-order chi connectivity index (χ0) is 12.8. The van der Waals surface area contributed by atoms with Gasteiger partial charge in [0.25, 0.3) is 0 Å². The summed E-state index contributed by atoms with van der Waals surface area (Å²) >= 11 is 0. The molecule has 0 aliphatic heterocycles. The van der Waals surface area contributed by atoms with Gasteiger partial charge in [-0.1, -0.05) is 50.6 Å². The molecule has 0 amide bonds. The molecule has 1 aromatic carbocycles. The summed E-state index contributed by atoms with van der Waals surface area (Å²) in [5, 5.41) is 3.60. The van der Waals surface area contributed by atoms with Crippen LogP contribution in [0.25, 0.3) is 0 Å². The van der Waals surface area contributed by atoms with Crippen molar-refractivity contribution in [3.05, 3.63) is 60.1 Å². The third-order valence-corrected chi connectivity index (χ3v) is 3.33. The Morgan fingerprint density at radius 1 is 1.11 bits per heavy atom. The van der Waals surface area contributed by atoms with E-state index in [0.717, 1.165) is 12.3 Å². The summed E-state index contributed by atoms with van der Waals surface area (Å²) in [4.78, 5) is 0. The van der Waals surface area contributed by atoms with Crippen molar-refractivity contribution in [3.8, 4) is 0 Å². The van der Waals surface area contributed by atoms with Crippen LogP contribution in [0.3, 0.4) is 0 Å².